The number of rotatable bonds is 5. The second-order valence-electron chi connectivity index (χ2n) is 4.27. The molecule has 0 aliphatic rings. The van der Waals surface area contributed by atoms with E-state index < -0.39 is 23.4 Å². The van der Waals surface area contributed by atoms with Gasteiger partial charge in [-0.15, -0.1) is 0 Å². The molecular formula is C13H7Cl3N2O5S. The highest BCUT2D eigenvalue weighted by Gasteiger charge is 2.18. The normalized spacial score (nSPS) is 10.3. The molecule has 0 spiro atoms. The van der Waals surface area contributed by atoms with Crippen molar-refractivity contribution in [3.8, 4) is 0 Å². The fourth-order valence-corrected chi connectivity index (χ4v) is 2.85. The Hall–Kier alpha value is -1.87. The monoisotopic (exact) mass is 408 g/mol. The molecule has 24 heavy (non-hydrogen) atoms. The van der Waals surface area contributed by atoms with Crippen LogP contribution in [0.25, 0.3) is 0 Å². The quantitative estimate of drug-likeness (QED) is 0.341. The van der Waals surface area contributed by atoms with Crippen LogP contribution in [0, 0.1) is 10.1 Å². The maximum atomic E-state index is 11.8. The number of carbonyl (C=O) groups is 2. The fourth-order valence-electron chi connectivity index (χ4n) is 1.54. The summed E-state index contributed by atoms with van der Waals surface area (Å²) in [4.78, 5) is 33.5. The van der Waals surface area contributed by atoms with Gasteiger partial charge < -0.3 is 10.1 Å². The molecule has 0 aliphatic carbocycles. The van der Waals surface area contributed by atoms with Gasteiger partial charge >= 0.3 is 11.0 Å². The van der Waals surface area contributed by atoms with Gasteiger partial charge in [-0.3, -0.25) is 14.9 Å². The van der Waals surface area contributed by atoms with Gasteiger partial charge in [0.15, 0.2) is 6.61 Å². The Bertz CT molecular complexity index is 824. The van der Waals surface area contributed by atoms with Crippen molar-refractivity contribution in [3.63, 3.8) is 0 Å². The lowest BCUT2D eigenvalue weighted by molar-refractivity contribution is -0.380. The number of hydrogen-bond donors (Lipinski definition) is 1. The molecular weight excluding hydrogens is 403 g/mol. The number of amides is 1. The molecule has 1 aromatic carbocycles. The highest BCUT2D eigenvalue weighted by atomic mass is 35.5. The molecule has 0 bridgehead atoms. The molecule has 1 aromatic heterocycles. The molecule has 11 heteroatoms. The van der Waals surface area contributed by atoms with Crippen LogP contribution in [0.4, 0.5) is 10.7 Å². The van der Waals surface area contributed by atoms with E-state index in [1.54, 1.807) is 0 Å². The van der Waals surface area contributed by atoms with Crippen molar-refractivity contribution >= 4 is 68.7 Å². The molecule has 0 atom stereocenters. The summed E-state index contributed by atoms with van der Waals surface area (Å²) in [6.45, 7) is -0.596. The number of nitrogens with one attached hydrogen (secondary N) is 1. The smallest absolute Gasteiger partial charge is 0.349 e. The van der Waals surface area contributed by atoms with E-state index in [9.17, 15) is 19.7 Å². The van der Waals surface area contributed by atoms with Gasteiger partial charge in [-0.1, -0.05) is 46.1 Å². The van der Waals surface area contributed by atoms with Crippen LogP contribution in [-0.2, 0) is 9.53 Å². The first kappa shape index (κ1) is 18.5. The number of esters is 1. The lowest BCUT2D eigenvalue weighted by atomic mass is 10.3. The lowest BCUT2D eigenvalue weighted by Gasteiger charge is -2.09. The minimum atomic E-state index is -0.844. The average molecular weight is 410 g/mol. The number of anilines is 1. The standard InChI is InChI=1S/C13H7Cl3N2O5S/c14-6-3-8(16)9(4-7(6)15)17-11(19)5-23-13(20)10-1-2-12(24-10)18(21)22/h1-4H,5H2,(H,17,19). The van der Waals surface area contributed by atoms with Crippen molar-refractivity contribution in [2.24, 2.45) is 0 Å². The van der Waals surface area contributed by atoms with Gasteiger partial charge in [0.2, 0.25) is 0 Å². The van der Waals surface area contributed by atoms with Crippen LogP contribution in [0.3, 0.4) is 0 Å². The third-order valence-corrected chi connectivity index (χ3v) is 4.64. The first-order chi connectivity index (χ1) is 11.3. The van der Waals surface area contributed by atoms with Gasteiger partial charge in [-0.25, -0.2) is 4.79 Å². The highest BCUT2D eigenvalue weighted by Crippen LogP contribution is 2.32. The maximum Gasteiger partial charge on any atom is 0.349 e. The van der Waals surface area contributed by atoms with Gasteiger partial charge in [0.05, 0.1) is 25.7 Å². The van der Waals surface area contributed by atoms with Crippen LogP contribution >= 0.6 is 46.1 Å². The second kappa shape index (κ2) is 7.80. The molecule has 0 radical (unpaired) electrons. The number of nitrogens with zero attached hydrogens (tertiary/aromatic N) is 1. The molecule has 0 aliphatic heterocycles. The van der Waals surface area contributed by atoms with Crippen molar-refractivity contribution in [1.82, 2.24) is 0 Å². The van der Waals surface area contributed by atoms with Gasteiger partial charge in [0.1, 0.15) is 4.88 Å². The van der Waals surface area contributed by atoms with Crippen LogP contribution in [0.2, 0.25) is 15.1 Å². The molecule has 1 amide bonds. The fraction of sp³-hybridized carbons (Fsp3) is 0.0769. The summed E-state index contributed by atoms with van der Waals surface area (Å²) in [7, 11) is 0. The summed E-state index contributed by atoms with van der Waals surface area (Å²) in [6.07, 6.45) is 0. The summed E-state index contributed by atoms with van der Waals surface area (Å²) in [5.41, 5.74) is 0.207. The molecule has 7 nitrogen and oxygen atoms in total. The lowest BCUT2D eigenvalue weighted by Crippen LogP contribution is -2.20. The Morgan fingerprint density at radius 3 is 2.46 bits per heavy atom. The Balaban J connectivity index is 1.94. The Morgan fingerprint density at radius 1 is 1.17 bits per heavy atom. The first-order valence-corrected chi connectivity index (χ1v) is 8.08. The zero-order chi connectivity index (χ0) is 17.9. The van der Waals surface area contributed by atoms with E-state index in [-0.39, 0.29) is 30.6 Å². The molecule has 1 heterocycles. The number of carbonyl (C=O) groups excluding carboxylic acids is 2. The molecule has 0 saturated heterocycles. The molecule has 2 rings (SSSR count). The van der Waals surface area contributed by atoms with Crippen LogP contribution in [0.15, 0.2) is 24.3 Å². The highest BCUT2D eigenvalue weighted by molar-refractivity contribution is 7.17. The van der Waals surface area contributed by atoms with E-state index in [1.807, 2.05) is 0 Å². The van der Waals surface area contributed by atoms with Crippen LogP contribution in [0.5, 0.6) is 0 Å². The number of hydrogen-bond acceptors (Lipinski definition) is 6. The number of halogens is 3. The number of nitro groups is 1. The number of benzene rings is 1. The minimum Gasteiger partial charge on any atom is -0.451 e. The molecule has 0 fully saturated rings. The van der Waals surface area contributed by atoms with Crippen molar-refractivity contribution in [2.45, 2.75) is 0 Å². The Kier molecular flexibility index (Phi) is 6.00. The van der Waals surface area contributed by atoms with E-state index in [1.165, 1.54) is 24.3 Å². The summed E-state index contributed by atoms with van der Waals surface area (Å²) in [6, 6.07) is 5.14. The largest absolute Gasteiger partial charge is 0.451 e. The molecule has 0 unspecified atom stereocenters. The summed E-state index contributed by atoms with van der Waals surface area (Å²) in [5.74, 6) is -1.50. The topological polar surface area (TPSA) is 98.5 Å². The van der Waals surface area contributed by atoms with Crippen LogP contribution in [-0.4, -0.2) is 23.4 Å². The third-order valence-electron chi connectivity index (χ3n) is 2.59. The predicted molar refractivity (Wildman–Crippen MR) is 91.4 cm³/mol. The SMILES string of the molecule is O=C(COC(=O)c1ccc([N+](=O)[O-])s1)Nc1cc(Cl)c(Cl)cc1Cl. The van der Waals surface area contributed by atoms with Crippen LogP contribution in [0.1, 0.15) is 9.67 Å². The van der Waals surface area contributed by atoms with Crippen molar-refractivity contribution in [2.75, 3.05) is 11.9 Å². The van der Waals surface area contributed by atoms with Crippen LogP contribution < -0.4 is 5.32 Å². The van der Waals surface area contributed by atoms with Crippen molar-refractivity contribution in [3.05, 3.63) is 54.3 Å². The number of thiophene rings is 1. The van der Waals surface area contributed by atoms with E-state index in [2.05, 4.69) is 5.32 Å². The zero-order valence-corrected chi connectivity index (χ0v) is 14.6. The molecule has 126 valence electrons. The van der Waals surface area contributed by atoms with Gasteiger partial charge in [0.25, 0.3) is 5.91 Å². The third kappa shape index (κ3) is 4.57. The minimum absolute atomic E-state index is 0.0158. The van der Waals surface area contributed by atoms with Crippen molar-refractivity contribution in [1.29, 1.82) is 0 Å². The summed E-state index contributed by atoms with van der Waals surface area (Å²) < 4.78 is 4.78. The first-order valence-electron chi connectivity index (χ1n) is 6.13. The van der Waals surface area contributed by atoms with Gasteiger partial charge in [0, 0.05) is 6.07 Å². The maximum absolute atomic E-state index is 11.8. The van der Waals surface area contributed by atoms with Gasteiger partial charge in [-0.2, -0.15) is 0 Å². The summed E-state index contributed by atoms with van der Waals surface area (Å²) in [5, 5.41) is 13.4. The van der Waals surface area contributed by atoms with E-state index in [0.717, 1.165) is 0 Å². The average Bonchev–Trinajstić information content (AvgIpc) is 3.00. The second-order valence-corrected chi connectivity index (χ2v) is 6.55. The van der Waals surface area contributed by atoms with E-state index in [0.29, 0.717) is 11.3 Å². The molecule has 1 N–H and O–H groups in total. The molecule has 2 aromatic rings. The van der Waals surface area contributed by atoms with Gasteiger partial charge in [-0.05, 0) is 18.2 Å². The summed E-state index contributed by atoms with van der Waals surface area (Å²) >= 11 is 18.2. The van der Waals surface area contributed by atoms with E-state index in [4.69, 9.17) is 39.5 Å². The van der Waals surface area contributed by atoms with Crippen molar-refractivity contribution < 1.29 is 19.2 Å². The Labute approximate surface area is 154 Å². The van der Waals surface area contributed by atoms with E-state index >= 15 is 0 Å². The zero-order valence-electron chi connectivity index (χ0n) is 11.5. The molecule has 0 saturated carbocycles. The Morgan fingerprint density at radius 2 is 1.83 bits per heavy atom. The predicted octanol–water partition coefficient (Wildman–Crippen LogP) is 4.41. The number of ether oxygens (including phenoxy) is 1.